The van der Waals surface area contributed by atoms with Crippen LogP contribution in [0.2, 0.25) is 0 Å². The first-order chi connectivity index (χ1) is 10.7. The summed E-state index contributed by atoms with van der Waals surface area (Å²) in [5.41, 5.74) is 2.32. The maximum absolute atomic E-state index is 12.5. The largest absolute Gasteiger partial charge is 0.311 e. The lowest BCUT2D eigenvalue weighted by molar-refractivity contribution is -0.117. The molecule has 1 aliphatic rings. The SMILES string of the molecule is C[C@H](NCC(=O)N1CCc2ccccc21)[C@H](C)n1cccn1. The molecule has 2 aromatic rings. The van der Waals surface area contributed by atoms with Crippen molar-refractivity contribution in [2.45, 2.75) is 32.4 Å². The second-order valence-corrected chi connectivity index (χ2v) is 5.82. The first-order valence-corrected chi connectivity index (χ1v) is 7.77. The Morgan fingerprint density at radius 3 is 2.91 bits per heavy atom. The molecule has 0 saturated heterocycles. The van der Waals surface area contributed by atoms with Crippen LogP contribution in [0.1, 0.15) is 25.5 Å². The van der Waals surface area contributed by atoms with E-state index in [4.69, 9.17) is 0 Å². The van der Waals surface area contributed by atoms with Crippen LogP contribution in [-0.2, 0) is 11.2 Å². The number of nitrogens with one attached hydrogen (secondary N) is 1. The van der Waals surface area contributed by atoms with E-state index < -0.39 is 0 Å². The van der Waals surface area contributed by atoms with Crippen molar-refractivity contribution < 1.29 is 4.79 Å². The van der Waals surface area contributed by atoms with Crippen LogP contribution in [0.5, 0.6) is 0 Å². The van der Waals surface area contributed by atoms with Gasteiger partial charge in [-0.3, -0.25) is 9.48 Å². The average Bonchev–Trinajstić information content (AvgIpc) is 3.20. The van der Waals surface area contributed by atoms with E-state index in [2.05, 4.69) is 30.3 Å². The Hall–Kier alpha value is -2.14. The summed E-state index contributed by atoms with van der Waals surface area (Å²) in [5.74, 6) is 0.129. The Bertz CT molecular complexity index is 638. The highest BCUT2D eigenvalue weighted by molar-refractivity contribution is 5.96. The molecule has 1 aliphatic heterocycles. The van der Waals surface area contributed by atoms with Crippen LogP contribution in [0, 0.1) is 0 Å². The molecule has 1 aromatic carbocycles. The number of nitrogens with zero attached hydrogens (tertiary/aromatic N) is 3. The lowest BCUT2D eigenvalue weighted by Gasteiger charge is -2.23. The number of aromatic nitrogens is 2. The van der Waals surface area contributed by atoms with Crippen LogP contribution in [0.25, 0.3) is 0 Å². The van der Waals surface area contributed by atoms with E-state index in [-0.39, 0.29) is 18.0 Å². The molecule has 0 bridgehead atoms. The van der Waals surface area contributed by atoms with Crippen molar-refractivity contribution in [1.29, 1.82) is 0 Å². The van der Waals surface area contributed by atoms with Gasteiger partial charge in [-0.25, -0.2) is 0 Å². The third kappa shape index (κ3) is 2.90. The van der Waals surface area contributed by atoms with Gasteiger partial charge in [-0.1, -0.05) is 18.2 Å². The summed E-state index contributed by atoms with van der Waals surface area (Å²) >= 11 is 0. The van der Waals surface area contributed by atoms with E-state index in [9.17, 15) is 4.79 Å². The van der Waals surface area contributed by atoms with Gasteiger partial charge in [0.15, 0.2) is 0 Å². The molecule has 0 spiro atoms. The Kier molecular flexibility index (Phi) is 4.24. The van der Waals surface area contributed by atoms with E-state index in [1.807, 2.05) is 40.0 Å². The summed E-state index contributed by atoms with van der Waals surface area (Å²) in [7, 11) is 0. The van der Waals surface area contributed by atoms with Crippen molar-refractivity contribution in [1.82, 2.24) is 15.1 Å². The Morgan fingerprint density at radius 2 is 2.14 bits per heavy atom. The third-order valence-electron chi connectivity index (χ3n) is 4.43. The number of anilines is 1. The molecular formula is C17H22N4O. The first-order valence-electron chi connectivity index (χ1n) is 7.77. The number of benzene rings is 1. The Morgan fingerprint density at radius 1 is 1.32 bits per heavy atom. The maximum atomic E-state index is 12.5. The molecule has 22 heavy (non-hydrogen) atoms. The Labute approximate surface area is 130 Å². The minimum atomic E-state index is 0.129. The number of hydrogen-bond donors (Lipinski definition) is 1. The molecule has 1 N–H and O–H groups in total. The molecule has 0 saturated carbocycles. The van der Waals surface area contributed by atoms with Crippen molar-refractivity contribution in [3.05, 3.63) is 48.3 Å². The quantitative estimate of drug-likeness (QED) is 0.918. The van der Waals surface area contributed by atoms with Crippen LogP contribution < -0.4 is 10.2 Å². The van der Waals surface area contributed by atoms with Gasteiger partial charge in [0, 0.05) is 30.7 Å². The Balaban J connectivity index is 1.57. The van der Waals surface area contributed by atoms with Crippen molar-refractivity contribution in [3.8, 4) is 0 Å². The third-order valence-corrected chi connectivity index (χ3v) is 4.43. The molecule has 1 amide bonds. The fraction of sp³-hybridized carbons (Fsp3) is 0.412. The maximum Gasteiger partial charge on any atom is 0.240 e. The van der Waals surface area contributed by atoms with E-state index in [1.165, 1.54) is 5.56 Å². The first kappa shape index (κ1) is 14.8. The molecule has 1 aromatic heterocycles. The lowest BCUT2D eigenvalue weighted by Crippen LogP contribution is -2.42. The van der Waals surface area contributed by atoms with E-state index in [0.29, 0.717) is 6.54 Å². The minimum absolute atomic E-state index is 0.129. The van der Waals surface area contributed by atoms with Crippen LogP contribution in [0.3, 0.4) is 0 Å². The zero-order valence-corrected chi connectivity index (χ0v) is 13.1. The summed E-state index contributed by atoms with van der Waals surface area (Å²) in [6.07, 6.45) is 4.66. The molecular weight excluding hydrogens is 276 g/mol. The van der Waals surface area contributed by atoms with Gasteiger partial charge >= 0.3 is 0 Å². The minimum Gasteiger partial charge on any atom is -0.311 e. The number of rotatable bonds is 5. The van der Waals surface area contributed by atoms with Crippen molar-refractivity contribution in [2.75, 3.05) is 18.0 Å². The number of amides is 1. The summed E-state index contributed by atoms with van der Waals surface area (Å²) in [6.45, 7) is 5.31. The fourth-order valence-corrected chi connectivity index (χ4v) is 2.86. The average molecular weight is 298 g/mol. The highest BCUT2D eigenvalue weighted by atomic mass is 16.2. The monoisotopic (exact) mass is 298 g/mol. The summed E-state index contributed by atoms with van der Waals surface area (Å²) < 4.78 is 1.91. The standard InChI is InChI=1S/C17H22N4O/c1-13(14(2)21-10-5-9-19-21)18-12-17(22)20-11-8-15-6-3-4-7-16(15)20/h3-7,9-10,13-14,18H,8,11-12H2,1-2H3/t13-,14-/m0/s1. The molecule has 0 radical (unpaired) electrons. The fourth-order valence-electron chi connectivity index (χ4n) is 2.86. The zero-order valence-electron chi connectivity index (χ0n) is 13.1. The van der Waals surface area contributed by atoms with Gasteiger partial charge in [-0.2, -0.15) is 5.10 Å². The van der Waals surface area contributed by atoms with Crippen LogP contribution in [0.15, 0.2) is 42.7 Å². The van der Waals surface area contributed by atoms with Crippen molar-refractivity contribution in [2.24, 2.45) is 0 Å². The lowest BCUT2D eigenvalue weighted by atomic mass is 10.1. The van der Waals surface area contributed by atoms with Gasteiger partial charge < -0.3 is 10.2 Å². The second-order valence-electron chi connectivity index (χ2n) is 5.82. The molecule has 116 valence electrons. The molecule has 5 nitrogen and oxygen atoms in total. The topological polar surface area (TPSA) is 50.2 Å². The van der Waals surface area contributed by atoms with Gasteiger partial charge in [0.2, 0.25) is 5.91 Å². The number of para-hydroxylation sites is 1. The number of fused-ring (bicyclic) bond motifs is 1. The van der Waals surface area contributed by atoms with Crippen molar-refractivity contribution >= 4 is 11.6 Å². The molecule has 2 heterocycles. The normalized spacial score (nSPS) is 16.4. The second kappa shape index (κ2) is 6.32. The van der Waals surface area contributed by atoms with Gasteiger partial charge in [0.25, 0.3) is 0 Å². The highest BCUT2D eigenvalue weighted by Gasteiger charge is 2.24. The molecule has 3 rings (SSSR count). The smallest absolute Gasteiger partial charge is 0.240 e. The molecule has 5 heteroatoms. The van der Waals surface area contributed by atoms with E-state index in [1.54, 1.807) is 6.20 Å². The zero-order chi connectivity index (χ0) is 15.5. The molecule has 0 fully saturated rings. The van der Waals surface area contributed by atoms with Crippen LogP contribution in [0.4, 0.5) is 5.69 Å². The van der Waals surface area contributed by atoms with Gasteiger partial charge in [-0.15, -0.1) is 0 Å². The number of hydrogen-bond acceptors (Lipinski definition) is 3. The highest BCUT2D eigenvalue weighted by Crippen LogP contribution is 2.27. The predicted octanol–water partition coefficient (Wildman–Crippen LogP) is 2.01. The van der Waals surface area contributed by atoms with Gasteiger partial charge in [0.05, 0.1) is 12.6 Å². The molecule has 0 unspecified atom stereocenters. The predicted molar refractivity (Wildman–Crippen MR) is 86.9 cm³/mol. The van der Waals surface area contributed by atoms with Crippen LogP contribution >= 0.6 is 0 Å². The van der Waals surface area contributed by atoms with Gasteiger partial charge in [0.1, 0.15) is 0 Å². The summed E-state index contributed by atoms with van der Waals surface area (Å²) in [5, 5.41) is 7.58. The summed E-state index contributed by atoms with van der Waals surface area (Å²) in [4.78, 5) is 14.3. The van der Waals surface area contributed by atoms with Crippen molar-refractivity contribution in [3.63, 3.8) is 0 Å². The van der Waals surface area contributed by atoms with Gasteiger partial charge in [-0.05, 0) is 38.0 Å². The number of carbonyl (C=O) groups is 1. The molecule has 0 aliphatic carbocycles. The van der Waals surface area contributed by atoms with E-state index in [0.717, 1.165) is 18.7 Å². The van der Waals surface area contributed by atoms with E-state index >= 15 is 0 Å². The molecule has 2 atom stereocenters. The number of carbonyl (C=O) groups excluding carboxylic acids is 1. The van der Waals surface area contributed by atoms with Crippen LogP contribution in [-0.4, -0.2) is 34.8 Å². The summed E-state index contributed by atoms with van der Waals surface area (Å²) in [6, 6.07) is 10.4.